The Morgan fingerprint density at radius 3 is 3.04 bits per heavy atom. The van der Waals surface area contributed by atoms with Crippen LogP contribution in [0.3, 0.4) is 0 Å². The zero-order chi connectivity index (χ0) is 17.6. The van der Waals surface area contributed by atoms with Crippen LogP contribution in [0.2, 0.25) is 0 Å². The van der Waals surface area contributed by atoms with Crippen LogP contribution in [0.4, 0.5) is 0 Å². The van der Waals surface area contributed by atoms with Crippen LogP contribution in [0.1, 0.15) is 26.7 Å². The van der Waals surface area contributed by atoms with E-state index in [1.165, 1.54) is 18.2 Å². The summed E-state index contributed by atoms with van der Waals surface area (Å²) < 4.78 is 7.27. The largest absolute Gasteiger partial charge is 0.492 e. The molecule has 1 atom stereocenters. The lowest BCUT2D eigenvalue weighted by Gasteiger charge is -2.30. The third-order valence-corrected chi connectivity index (χ3v) is 5.07. The molecular formula is C17H23N5O2S. The molecule has 1 aliphatic heterocycles. The van der Waals surface area contributed by atoms with Crippen molar-refractivity contribution in [2.45, 2.75) is 31.8 Å². The van der Waals surface area contributed by atoms with Crippen LogP contribution in [0.25, 0.3) is 5.69 Å². The van der Waals surface area contributed by atoms with E-state index in [0.29, 0.717) is 23.4 Å². The number of para-hydroxylation sites is 2. The van der Waals surface area contributed by atoms with Gasteiger partial charge in [-0.15, -0.1) is 5.10 Å². The Balaban J connectivity index is 1.69. The zero-order valence-electron chi connectivity index (χ0n) is 14.6. The van der Waals surface area contributed by atoms with Gasteiger partial charge in [-0.25, -0.2) is 0 Å². The summed E-state index contributed by atoms with van der Waals surface area (Å²) in [5.74, 6) is 1.77. The second-order valence-electron chi connectivity index (χ2n) is 6.15. The maximum Gasteiger partial charge on any atom is 0.233 e. The molecule has 8 heteroatoms. The fraction of sp³-hybridized carbons (Fsp3) is 0.529. The molecule has 0 radical (unpaired) electrons. The van der Waals surface area contributed by atoms with Crippen LogP contribution in [0.5, 0.6) is 5.75 Å². The topological polar surface area (TPSA) is 73.1 Å². The lowest BCUT2D eigenvalue weighted by atomic mass is 10.0. The number of amides is 1. The lowest BCUT2D eigenvalue weighted by Crippen LogP contribution is -2.40. The van der Waals surface area contributed by atoms with Gasteiger partial charge in [-0.3, -0.25) is 4.79 Å². The Morgan fingerprint density at radius 2 is 2.24 bits per heavy atom. The molecule has 1 saturated heterocycles. The van der Waals surface area contributed by atoms with Crippen molar-refractivity contribution in [2.24, 2.45) is 5.92 Å². The Bertz CT molecular complexity index is 721. The highest BCUT2D eigenvalue weighted by atomic mass is 32.2. The number of tetrazole rings is 1. The summed E-state index contributed by atoms with van der Waals surface area (Å²) in [5.41, 5.74) is 0.774. The van der Waals surface area contributed by atoms with Crippen molar-refractivity contribution in [3.05, 3.63) is 24.3 Å². The van der Waals surface area contributed by atoms with Gasteiger partial charge in [0.15, 0.2) is 0 Å². The number of hydrogen-bond donors (Lipinski definition) is 0. The second-order valence-corrected chi connectivity index (χ2v) is 7.09. The predicted molar refractivity (Wildman–Crippen MR) is 96.0 cm³/mol. The molecule has 134 valence electrons. The van der Waals surface area contributed by atoms with Crippen LogP contribution in [-0.4, -0.2) is 56.5 Å². The molecule has 7 nitrogen and oxygen atoms in total. The van der Waals surface area contributed by atoms with Crippen LogP contribution < -0.4 is 4.74 Å². The molecule has 0 N–H and O–H groups in total. The molecule has 0 spiro atoms. The van der Waals surface area contributed by atoms with Gasteiger partial charge in [0, 0.05) is 13.1 Å². The highest BCUT2D eigenvalue weighted by Gasteiger charge is 2.22. The van der Waals surface area contributed by atoms with Crippen LogP contribution in [-0.2, 0) is 4.79 Å². The molecule has 1 aliphatic rings. The minimum Gasteiger partial charge on any atom is -0.492 e. The molecule has 25 heavy (non-hydrogen) atoms. The van der Waals surface area contributed by atoms with E-state index in [1.54, 1.807) is 4.68 Å². The number of ether oxygens (including phenoxy) is 1. The Labute approximate surface area is 151 Å². The van der Waals surface area contributed by atoms with Crippen molar-refractivity contribution in [2.75, 3.05) is 25.4 Å². The fourth-order valence-electron chi connectivity index (χ4n) is 2.96. The zero-order valence-corrected chi connectivity index (χ0v) is 15.4. The van der Waals surface area contributed by atoms with Crippen LogP contribution >= 0.6 is 11.8 Å². The lowest BCUT2D eigenvalue weighted by molar-refractivity contribution is -0.130. The second kappa shape index (κ2) is 8.33. The molecule has 0 unspecified atom stereocenters. The molecule has 2 aromatic rings. The van der Waals surface area contributed by atoms with Gasteiger partial charge in [-0.1, -0.05) is 30.8 Å². The average molecular weight is 361 g/mol. The van der Waals surface area contributed by atoms with Crippen molar-refractivity contribution in [3.63, 3.8) is 0 Å². The molecule has 0 aliphatic carbocycles. The first kappa shape index (κ1) is 17.7. The molecule has 1 fully saturated rings. The van der Waals surface area contributed by atoms with E-state index >= 15 is 0 Å². The van der Waals surface area contributed by atoms with Gasteiger partial charge < -0.3 is 9.64 Å². The third-order valence-electron chi connectivity index (χ3n) is 4.17. The average Bonchev–Trinajstić information content (AvgIpc) is 3.09. The summed E-state index contributed by atoms with van der Waals surface area (Å²) in [6.45, 7) is 6.38. The summed E-state index contributed by atoms with van der Waals surface area (Å²) >= 11 is 1.36. The number of piperidine rings is 1. The van der Waals surface area contributed by atoms with Gasteiger partial charge in [-0.2, -0.15) is 4.68 Å². The molecule has 2 heterocycles. The predicted octanol–water partition coefficient (Wildman–Crippen LogP) is 2.41. The quantitative estimate of drug-likeness (QED) is 0.736. The first-order chi connectivity index (χ1) is 12.2. The summed E-state index contributed by atoms with van der Waals surface area (Å²) in [7, 11) is 0. The summed E-state index contributed by atoms with van der Waals surface area (Å²) in [6.07, 6.45) is 2.28. The number of benzene rings is 1. The minimum atomic E-state index is 0.143. The maximum atomic E-state index is 12.5. The minimum absolute atomic E-state index is 0.143. The van der Waals surface area contributed by atoms with E-state index < -0.39 is 0 Å². The third kappa shape index (κ3) is 4.31. The number of nitrogens with zero attached hydrogens (tertiary/aromatic N) is 5. The van der Waals surface area contributed by atoms with Gasteiger partial charge in [0.2, 0.25) is 11.1 Å². The summed E-state index contributed by atoms with van der Waals surface area (Å²) in [5, 5.41) is 12.5. The van der Waals surface area contributed by atoms with Crippen molar-refractivity contribution < 1.29 is 9.53 Å². The standard InChI is InChI=1S/C17H23N5O2S/c1-3-24-15-9-5-4-8-14(15)22-17(18-19-20-22)25-12-16(23)21-10-6-7-13(2)11-21/h4-5,8-9,13H,3,6-7,10-12H2,1-2H3/t13-/m1/s1. The van der Waals surface area contributed by atoms with Gasteiger partial charge in [0.05, 0.1) is 12.4 Å². The van der Waals surface area contributed by atoms with Crippen LogP contribution in [0.15, 0.2) is 29.4 Å². The molecular weight excluding hydrogens is 338 g/mol. The summed E-state index contributed by atoms with van der Waals surface area (Å²) in [4.78, 5) is 14.4. The molecule has 1 aromatic carbocycles. The van der Waals surface area contributed by atoms with E-state index in [-0.39, 0.29) is 5.91 Å². The van der Waals surface area contributed by atoms with Gasteiger partial charge in [0.25, 0.3) is 0 Å². The van der Waals surface area contributed by atoms with E-state index in [1.807, 2.05) is 36.1 Å². The Kier molecular flexibility index (Phi) is 5.91. The van der Waals surface area contributed by atoms with Gasteiger partial charge in [0.1, 0.15) is 11.4 Å². The van der Waals surface area contributed by atoms with Crippen molar-refractivity contribution in [3.8, 4) is 11.4 Å². The first-order valence-corrected chi connectivity index (χ1v) is 9.58. The highest BCUT2D eigenvalue weighted by molar-refractivity contribution is 7.99. The first-order valence-electron chi connectivity index (χ1n) is 8.60. The monoisotopic (exact) mass is 361 g/mol. The number of likely N-dealkylation sites (tertiary alicyclic amines) is 1. The number of aromatic nitrogens is 4. The smallest absolute Gasteiger partial charge is 0.233 e. The van der Waals surface area contributed by atoms with E-state index in [9.17, 15) is 4.79 Å². The van der Waals surface area contributed by atoms with E-state index in [0.717, 1.165) is 30.9 Å². The van der Waals surface area contributed by atoms with Crippen molar-refractivity contribution >= 4 is 17.7 Å². The number of thioether (sulfide) groups is 1. The van der Waals surface area contributed by atoms with E-state index in [4.69, 9.17) is 4.74 Å². The molecule has 3 rings (SSSR count). The molecule has 0 bridgehead atoms. The number of carbonyl (C=O) groups is 1. The highest BCUT2D eigenvalue weighted by Crippen LogP contribution is 2.26. The van der Waals surface area contributed by atoms with Crippen molar-refractivity contribution in [1.82, 2.24) is 25.1 Å². The molecule has 0 saturated carbocycles. The Hall–Kier alpha value is -2.09. The number of rotatable bonds is 6. The number of carbonyl (C=O) groups excluding carboxylic acids is 1. The Morgan fingerprint density at radius 1 is 1.40 bits per heavy atom. The summed E-state index contributed by atoms with van der Waals surface area (Å²) in [6, 6.07) is 7.61. The van der Waals surface area contributed by atoms with Crippen molar-refractivity contribution in [1.29, 1.82) is 0 Å². The van der Waals surface area contributed by atoms with E-state index in [2.05, 4.69) is 22.4 Å². The van der Waals surface area contributed by atoms with Gasteiger partial charge >= 0.3 is 0 Å². The van der Waals surface area contributed by atoms with Crippen LogP contribution in [0, 0.1) is 5.92 Å². The normalized spacial score (nSPS) is 17.5. The molecule has 1 amide bonds. The van der Waals surface area contributed by atoms with Gasteiger partial charge in [-0.05, 0) is 48.2 Å². The fourth-order valence-corrected chi connectivity index (χ4v) is 3.75. The molecule has 1 aromatic heterocycles. The maximum absolute atomic E-state index is 12.5. The SMILES string of the molecule is CCOc1ccccc1-n1nnnc1SCC(=O)N1CCC[C@@H](C)C1. The number of hydrogen-bond acceptors (Lipinski definition) is 6.